The number of nitrogens with one attached hydrogen (secondary N) is 2. The molecule has 0 aliphatic heterocycles. The Morgan fingerprint density at radius 3 is 2.50 bits per heavy atom. The van der Waals surface area contributed by atoms with E-state index in [-0.39, 0.29) is 17.4 Å². The van der Waals surface area contributed by atoms with Crippen LogP contribution in [0.25, 0.3) is 22.3 Å². The molecule has 1 aromatic carbocycles. The van der Waals surface area contributed by atoms with E-state index in [1.165, 1.54) is 0 Å². The first-order valence-electron chi connectivity index (χ1n) is 10.0. The molecule has 154 valence electrons. The van der Waals surface area contributed by atoms with Gasteiger partial charge >= 0.3 is 0 Å². The summed E-state index contributed by atoms with van der Waals surface area (Å²) in [5.41, 5.74) is 3.75. The highest BCUT2D eigenvalue weighted by atomic mass is 16.1. The van der Waals surface area contributed by atoms with E-state index in [1.807, 2.05) is 61.0 Å². The smallest absolute Gasteiger partial charge is 0.257 e. The maximum atomic E-state index is 13.2. The highest BCUT2D eigenvalue weighted by Crippen LogP contribution is 2.27. The highest BCUT2D eigenvalue weighted by molar-refractivity contribution is 6.12. The molecule has 4 rings (SSSR count). The van der Waals surface area contributed by atoms with Crippen molar-refractivity contribution >= 4 is 22.8 Å². The minimum atomic E-state index is -0.241. The van der Waals surface area contributed by atoms with Crippen LogP contribution in [0.1, 0.15) is 56.7 Å². The molecule has 7 heteroatoms. The molecule has 0 aliphatic carbocycles. The third kappa shape index (κ3) is 3.70. The number of nitrogens with zero attached hydrogens (tertiary/aromatic N) is 4. The van der Waals surface area contributed by atoms with Crippen LogP contribution in [-0.4, -0.2) is 30.9 Å². The molecular weight excluding hydrogens is 376 g/mol. The summed E-state index contributed by atoms with van der Waals surface area (Å²) in [6.07, 6.45) is 1.71. The van der Waals surface area contributed by atoms with Crippen molar-refractivity contribution in [2.24, 2.45) is 0 Å². The quantitative estimate of drug-likeness (QED) is 0.505. The standard InChI is InChI=1S/C23H26N6O/c1-14(2)29-21-17(13-24-29)16(11-18(25-21)15-9-7-6-8-10-15)22(30)26-20-12-19(27-28-20)23(3,4)5/h6-14H,1-5H3,(H2,26,27,28,30). The lowest BCUT2D eigenvalue weighted by atomic mass is 9.92. The van der Waals surface area contributed by atoms with Gasteiger partial charge in [-0.3, -0.25) is 9.89 Å². The van der Waals surface area contributed by atoms with Gasteiger partial charge in [0, 0.05) is 28.8 Å². The van der Waals surface area contributed by atoms with Crippen molar-refractivity contribution in [3.8, 4) is 11.3 Å². The lowest BCUT2D eigenvalue weighted by Gasteiger charge is -2.14. The summed E-state index contributed by atoms with van der Waals surface area (Å²) in [6, 6.07) is 13.6. The number of rotatable bonds is 4. The number of aromatic amines is 1. The fraction of sp³-hybridized carbons (Fsp3) is 0.304. The van der Waals surface area contributed by atoms with E-state index in [1.54, 1.807) is 6.20 Å². The van der Waals surface area contributed by atoms with E-state index in [4.69, 9.17) is 4.98 Å². The van der Waals surface area contributed by atoms with Gasteiger partial charge in [-0.1, -0.05) is 51.1 Å². The predicted octanol–water partition coefficient (Wildman–Crippen LogP) is 4.95. The van der Waals surface area contributed by atoms with Gasteiger partial charge < -0.3 is 5.32 Å². The number of pyridine rings is 1. The number of aromatic nitrogens is 5. The fourth-order valence-electron chi connectivity index (χ4n) is 3.29. The molecule has 2 N–H and O–H groups in total. The molecule has 0 saturated carbocycles. The second-order valence-corrected chi connectivity index (χ2v) is 8.71. The second-order valence-electron chi connectivity index (χ2n) is 8.71. The summed E-state index contributed by atoms with van der Waals surface area (Å²) in [5, 5.41) is 15.3. The number of benzene rings is 1. The molecule has 3 heterocycles. The van der Waals surface area contributed by atoms with Gasteiger partial charge in [-0.25, -0.2) is 9.67 Å². The van der Waals surface area contributed by atoms with Gasteiger partial charge in [-0.05, 0) is 19.9 Å². The Labute approximate surface area is 175 Å². The Morgan fingerprint density at radius 2 is 1.87 bits per heavy atom. The molecule has 30 heavy (non-hydrogen) atoms. The van der Waals surface area contributed by atoms with Crippen molar-refractivity contribution in [3.63, 3.8) is 0 Å². The molecule has 4 aromatic rings. The SMILES string of the molecule is CC(C)n1ncc2c(C(=O)Nc3cc(C(C)(C)C)[nH]n3)cc(-c3ccccc3)nc21. The number of fused-ring (bicyclic) bond motifs is 1. The maximum absolute atomic E-state index is 13.2. The molecule has 0 radical (unpaired) electrons. The average Bonchev–Trinajstić information content (AvgIpc) is 3.34. The Morgan fingerprint density at radius 1 is 1.13 bits per heavy atom. The zero-order valence-corrected chi connectivity index (χ0v) is 17.9. The van der Waals surface area contributed by atoms with E-state index in [0.717, 1.165) is 17.0 Å². The summed E-state index contributed by atoms with van der Waals surface area (Å²) in [4.78, 5) is 18.0. The van der Waals surface area contributed by atoms with E-state index >= 15 is 0 Å². The van der Waals surface area contributed by atoms with Crippen LogP contribution in [0, 0.1) is 0 Å². The Hall–Kier alpha value is -3.48. The highest BCUT2D eigenvalue weighted by Gasteiger charge is 2.21. The molecule has 7 nitrogen and oxygen atoms in total. The van der Waals surface area contributed by atoms with Gasteiger partial charge in [-0.2, -0.15) is 10.2 Å². The van der Waals surface area contributed by atoms with E-state index in [2.05, 4.69) is 41.4 Å². The van der Waals surface area contributed by atoms with Crippen LogP contribution in [-0.2, 0) is 5.41 Å². The summed E-state index contributed by atoms with van der Waals surface area (Å²) in [7, 11) is 0. The number of anilines is 1. The predicted molar refractivity (Wildman–Crippen MR) is 119 cm³/mol. The lowest BCUT2D eigenvalue weighted by molar-refractivity contribution is 0.102. The minimum absolute atomic E-state index is 0.0845. The van der Waals surface area contributed by atoms with Gasteiger partial charge in [0.2, 0.25) is 0 Å². The number of hydrogen-bond donors (Lipinski definition) is 2. The first-order chi connectivity index (χ1) is 14.2. The molecule has 0 fully saturated rings. The zero-order chi connectivity index (χ0) is 21.5. The Balaban J connectivity index is 1.79. The average molecular weight is 403 g/mol. The first kappa shape index (κ1) is 19.8. The van der Waals surface area contributed by atoms with Gasteiger partial charge in [0.05, 0.1) is 22.8 Å². The van der Waals surface area contributed by atoms with Gasteiger partial charge in [0.25, 0.3) is 5.91 Å². The molecule has 0 bridgehead atoms. The summed E-state index contributed by atoms with van der Waals surface area (Å²) >= 11 is 0. The Kier molecular flexibility index (Phi) is 4.89. The van der Waals surface area contributed by atoms with E-state index in [9.17, 15) is 4.79 Å². The number of amides is 1. The third-order valence-corrected chi connectivity index (χ3v) is 5.00. The third-order valence-electron chi connectivity index (χ3n) is 5.00. The largest absolute Gasteiger partial charge is 0.305 e. The monoisotopic (exact) mass is 402 g/mol. The van der Waals surface area contributed by atoms with Crippen LogP contribution in [0.15, 0.2) is 48.7 Å². The minimum Gasteiger partial charge on any atom is -0.305 e. The van der Waals surface area contributed by atoms with E-state index < -0.39 is 0 Å². The van der Waals surface area contributed by atoms with Crippen LogP contribution in [0.5, 0.6) is 0 Å². The molecular formula is C23H26N6O. The van der Waals surface area contributed by atoms with Gasteiger partial charge in [0.1, 0.15) is 0 Å². The zero-order valence-electron chi connectivity index (χ0n) is 17.9. The molecule has 0 atom stereocenters. The van der Waals surface area contributed by atoms with Crippen LogP contribution in [0.4, 0.5) is 5.82 Å². The van der Waals surface area contributed by atoms with Gasteiger partial charge in [-0.15, -0.1) is 0 Å². The molecule has 3 aromatic heterocycles. The molecule has 0 spiro atoms. The van der Waals surface area contributed by atoms with Crippen molar-refractivity contribution in [2.75, 3.05) is 5.32 Å². The van der Waals surface area contributed by atoms with Crippen molar-refractivity contribution in [3.05, 3.63) is 59.9 Å². The fourth-order valence-corrected chi connectivity index (χ4v) is 3.29. The topological polar surface area (TPSA) is 88.5 Å². The molecule has 0 unspecified atom stereocenters. The van der Waals surface area contributed by atoms with Crippen molar-refractivity contribution in [1.82, 2.24) is 25.0 Å². The summed E-state index contributed by atoms with van der Waals surface area (Å²) in [6.45, 7) is 10.3. The maximum Gasteiger partial charge on any atom is 0.257 e. The second kappa shape index (κ2) is 7.40. The van der Waals surface area contributed by atoms with Crippen molar-refractivity contribution in [2.45, 2.75) is 46.1 Å². The molecule has 0 saturated heterocycles. The molecule has 1 amide bonds. The van der Waals surface area contributed by atoms with Crippen molar-refractivity contribution < 1.29 is 4.79 Å². The first-order valence-corrected chi connectivity index (χ1v) is 10.0. The van der Waals surface area contributed by atoms with Crippen molar-refractivity contribution in [1.29, 1.82) is 0 Å². The van der Waals surface area contributed by atoms with Gasteiger partial charge in [0.15, 0.2) is 11.5 Å². The number of carbonyl (C=O) groups excluding carboxylic acids is 1. The molecule has 0 aliphatic rings. The number of carbonyl (C=O) groups is 1. The van der Waals surface area contributed by atoms with E-state index in [0.29, 0.717) is 22.4 Å². The van der Waals surface area contributed by atoms with Crippen LogP contribution >= 0.6 is 0 Å². The normalized spacial score (nSPS) is 11.9. The van der Waals surface area contributed by atoms with Crippen LogP contribution < -0.4 is 5.32 Å². The number of H-pyrrole nitrogens is 1. The summed E-state index contributed by atoms with van der Waals surface area (Å²) in [5.74, 6) is 0.252. The Bertz CT molecular complexity index is 1200. The number of hydrogen-bond acceptors (Lipinski definition) is 4. The lowest BCUT2D eigenvalue weighted by Crippen LogP contribution is -2.14. The van der Waals surface area contributed by atoms with Crippen LogP contribution in [0.2, 0.25) is 0 Å². The summed E-state index contributed by atoms with van der Waals surface area (Å²) < 4.78 is 1.84. The van der Waals surface area contributed by atoms with Crippen LogP contribution in [0.3, 0.4) is 0 Å².